The molecule has 0 saturated carbocycles. The van der Waals surface area contributed by atoms with Crippen LogP contribution in [0.1, 0.15) is 17.9 Å². The van der Waals surface area contributed by atoms with E-state index < -0.39 is 0 Å². The molecule has 0 radical (unpaired) electrons. The standard InChI is InChI=1S/C17H19N3O2/c1-20(2)16-14(7-5-10-18-16)19-17(21)13-9-11-22-15-8-4-3-6-12(13)15/h3-8,10,13H,9,11H2,1-2H3,(H,19,21). The van der Waals surface area contributed by atoms with E-state index in [1.807, 2.05) is 55.4 Å². The predicted molar refractivity (Wildman–Crippen MR) is 86.5 cm³/mol. The molecule has 0 spiro atoms. The van der Waals surface area contributed by atoms with E-state index in [0.29, 0.717) is 13.0 Å². The van der Waals surface area contributed by atoms with E-state index in [4.69, 9.17) is 4.74 Å². The first-order valence-corrected chi connectivity index (χ1v) is 7.32. The lowest BCUT2D eigenvalue weighted by molar-refractivity contribution is -0.118. The molecule has 0 fully saturated rings. The van der Waals surface area contributed by atoms with E-state index in [-0.39, 0.29) is 11.8 Å². The number of nitrogens with zero attached hydrogens (tertiary/aromatic N) is 2. The smallest absolute Gasteiger partial charge is 0.232 e. The fraction of sp³-hybridized carbons (Fsp3) is 0.294. The third kappa shape index (κ3) is 2.74. The molecule has 1 aliphatic rings. The van der Waals surface area contributed by atoms with Crippen LogP contribution in [0.15, 0.2) is 42.6 Å². The average Bonchev–Trinajstić information content (AvgIpc) is 2.54. The summed E-state index contributed by atoms with van der Waals surface area (Å²) in [6.45, 7) is 0.558. The van der Waals surface area contributed by atoms with Crippen LogP contribution in [0.2, 0.25) is 0 Å². The molecule has 2 aromatic rings. The van der Waals surface area contributed by atoms with Gasteiger partial charge in [0, 0.05) is 25.9 Å². The van der Waals surface area contributed by atoms with E-state index in [0.717, 1.165) is 22.8 Å². The molecule has 1 aromatic heterocycles. The van der Waals surface area contributed by atoms with E-state index >= 15 is 0 Å². The van der Waals surface area contributed by atoms with Gasteiger partial charge >= 0.3 is 0 Å². The second kappa shape index (κ2) is 6.05. The number of amides is 1. The van der Waals surface area contributed by atoms with Crippen LogP contribution in [0, 0.1) is 0 Å². The number of aromatic nitrogens is 1. The van der Waals surface area contributed by atoms with E-state index in [1.165, 1.54) is 0 Å². The Labute approximate surface area is 129 Å². The third-order valence-electron chi connectivity index (χ3n) is 3.74. The molecule has 22 heavy (non-hydrogen) atoms. The van der Waals surface area contributed by atoms with Gasteiger partial charge in [-0.25, -0.2) is 4.98 Å². The van der Waals surface area contributed by atoms with Gasteiger partial charge in [0.05, 0.1) is 18.2 Å². The van der Waals surface area contributed by atoms with Crippen LogP contribution in [-0.4, -0.2) is 31.6 Å². The highest BCUT2D eigenvalue weighted by molar-refractivity contribution is 5.98. The summed E-state index contributed by atoms with van der Waals surface area (Å²) in [7, 11) is 3.81. The highest BCUT2D eigenvalue weighted by Crippen LogP contribution is 2.34. The summed E-state index contributed by atoms with van der Waals surface area (Å²) < 4.78 is 5.62. The summed E-state index contributed by atoms with van der Waals surface area (Å²) in [5, 5.41) is 3.00. The molecule has 5 nitrogen and oxygen atoms in total. The number of carbonyl (C=O) groups is 1. The van der Waals surface area contributed by atoms with Crippen molar-refractivity contribution in [3.63, 3.8) is 0 Å². The molecule has 1 aliphatic heterocycles. The molecular formula is C17H19N3O2. The zero-order valence-corrected chi connectivity index (χ0v) is 12.7. The maximum atomic E-state index is 12.7. The Bertz CT molecular complexity index is 685. The Kier molecular flexibility index (Phi) is 3.96. The lowest BCUT2D eigenvalue weighted by atomic mass is 9.92. The molecule has 0 bridgehead atoms. The minimum absolute atomic E-state index is 0.0214. The van der Waals surface area contributed by atoms with Gasteiger partial charge in [-0.3, -0.25) is 4.79 Å². The minimum atomic E-state index is -0.194. The van der Waals surface area contributed by atoms with Crippen LogP contribution < -0.4 is 15.0 Å². The first kappa shape index (κ1) is 14.4. The summed E-state index contributed by atoms with van der Waals surface area (Å²) in [5.41, 5.74) is 1.67. The molecule has 2 heterocycles. The number of rotatable bonds is 3. The number of para-hydroxylation sites is 1. The Hall–Kier alpha value is -2.56. The summed E-state index contributed by atoms with van der Waals surface area (Å²) in [6, 6.07) is 11.4. The van der Waals surface area contributed by atoms with Crippen molar-refractivity contribution in [2.24, 2.45) is 0 Å². The summed E-state index contributed by atoms with van der Waals surface area (Å²) in [5.74, 6) is 1.33. The van der Waals surface area contributed by atoms with Crippen LogP contribution >= 0.6 is 0 Å². The first-order chi connectivity index (χ1) is 10.7. The highest BCUT2D eigenvalue weighted by Gasteiger charge is 2.28. The number of nitrogens with one attached hydrogen (secondary N) is 1. The normalized spacial score (nSPS) is 16.4. The van der Waals surface area contributed by atoms with Crippen LogP contribution in [0.5, 0.6) is 5.75 Å². The van der Waals surface area contributed by atoms with Crippen molar-refractivity contribution >= 4 is 17.4 Å². The van der Waals surface area contributed by atoms with Gasteiger partial charge in [0.2, 0.25) is 5.91 Å². The highest BCUT2D eigenvalue weighted by atomic mass is 16.5. The zero-order chi connectivity index (χ0) is 15.5. The fourth-order valence-corrected chi connectivity index (χ4v) is 2.69. The van der Waals surface area contributed by atoms with Crippen molar-refractivity contribution in [3.05, 3.63) is 48.2 Å². The van der Waals surface area contributed by atoms with Crippen molar-refractivity contribution in [1.82, 2.24) is 4.98 Å². The average molecular weight is 297 g/mol. The molecule has 1 unspecified atom stereocenters. The fourth-order valence-electron chi connectivity index (χ4n) is 2.69. The first-order valence-electron chi connectivity index (χ1n) is 7.32. The maximum Gasteiger partial charge on any atom is 0.232 e. The summed E-state index contributed by atoms with van der Waals surface area (Å²) >= 11 is 0. The number of fused-ring (bicyclic) bond motifs is 1. The Morgan fingerprint density at radius 3 is 2.91 bits per heavy atom. The molecule has 0 aliphatic carbocycles. The van der Waals surface area contributed by atoms with Gasteiger partial charge in [0.1, 0.15) is 5.75 Å². The van der Waals surface area contributed by atoms with Gasteiger partial charge < -0.3 is 15.0 Å². The van der Waals surface area contributed by atoms with Gasteiger partial charge in [-0.1, -0.05) is 18.2 Å². The predicted octanol–water partition coefficient (Wildman–Crippen LogP) is 2.65. The number of hydrogen-bond donors (Lipinski definition) is 1. The van der Waals surface area contributed by atoms with Crippen molar-refractivity contribution in [1.29, 1.82) is 0 Å². The number of pyridine rings is 1. The largest absolute Gasteiger partial charge is 0.493 e. The van der Waals surface area contributed by atoms with Gasteiger partial charge in [0.25, 0.3) is 0 Å². The second-order valence-corrected chi connectivity index (χ2v) is 5.49. The van der Waals surface area contributed by atoms with E-state index in [9.17, 15) is 4.79 Å². The molecular weight excluding hydrogens is 278 g/mol. The number of benzene rings is 1. The van der Waals surface area contributed by atoms with Crippen LogP contribution in [0.25, 0.3) is 0 Å². The number of ether oxygens (including phenoxy) is 1. The molecule has 1 atom stereocenters. The molecule has 5 heteroatoms. The minimum Gasteiger partial charge on any atom is -0.493 e. The molecule has 1 N–H and O–H groups in total. The molecule has 1 aromatic carbocycles. The Balaban J connectivity index is 1.85. The lowest BCUT2D eigenvalue weighted by Crippen LogP contribution is -2.27. The monoisotopic (exact) mass is 297 g/mol. The Morgan fingerprint density at radius 1 is 1.27 bits per heavy atom. The van der Waals surface area contributed by atoms with Gasteiger partial charge in [-0.05, 0) is 24.6 Å². The van der Waals surface area contributed by atoms with Crippen LogP contribution in [-0.2, 0) is 4.79 Å². The number of anilines is 2. The molecule has 1 amide bonds. The second-order valence-electron chi connectivity index (χ2n) is 5.49. The third-order valence-corrected chi connectivity index (χ3v) is 3.74. The van der Waals surface area contributed by atoms with E-state index in [1.54, 1.807) is 6.20 Å². The van der Waals surface area contributed by atoms with Crippen molar-refractivity contribution in [2.45, 2.75) is 12.3 Å². The van der Waals surface area contributed by atoms with Crippen molar-refractivity contribution in [2.75, 3.05) is 30.9 Å². The maximum absolute atomic E-state index is 12.7. The van der Waals surface area contributed by atoms with Gasteiger partial charge in [-0.15, -0.1) is 0 Å². The topological polar surface area (TPSA) is 54.5 Å². The Morgan fingerprint density at radius 2 is 2.09 bits per heavy atom. The quantitative estimate of drug-likeness (QED) is 0.946. The summed E-state index contributed by atoms with van der Waals surface area (Å²) in [4.78, 5) is 18.9. The van der Waals surface area contributed by atoms with Crippen LogP contribution in [0.3, 0.4) is 0 Å². The van der Waals surface area contributed by atoms with E-state index in [2.05, 4.69) is 10.3 Å². The van der Waals surface area contributed by atoms with Crippen molar-refractivity contribution < 1.29 is 9.53 Å². The number of hydrogen-bond acceptors (Lipinski definition) is 4. The lowest BCUT2D eigenvalue weighted by Gasteiger charge is -2.25. The SMILES string of the molecule is CN(C)c1ncccc1NC(=O)C1CCOc2ccccc21. The molecule has 114 valence electrons. The summed E-state index contributed by atoms with van der Waals surface area (Å²) in [6.07, 6.45) is 2.40. The van der Waals surface area contributed by atoms with Crippen LogP contribution in [0.4, 0.5) is 11.5 Å². The molecule has 0 saturated heterocycles. The van der Waals surface area contributed by atoms with Gasteiger partial charge in [0.15, 0.2) is 5.82 Å². The van der Waals surface area contributed by atoms with Crippen molar-refractivity contribution in [3.8, 4) is 5.75 Å². The van der Waals surface area contributed by atoms with Gasteiger partial charge in [-0.2, -0.15) is 0 Å². The molecule has 3 rings (SSSR count). The zero-order valence-electron chi connectivity index (χ0n) is 12.7. The number of carbonyl (C=O) groups excluding carboxylic acids is 1.